The summed E-state index contributed by atoms with van der Waals surface area (Å²) < 4.78 is 26.7. The lowest BCUT2D eigenvalue weighted by molar-refractivity contribution is -0.126. The summed E-state index contributed by atoms with van der Waals surface area (Å²) in [4.78, 5) is 12.2. The molecule has 0 aromatic heterocycles. The second-order valence-corrected chi connectivity index (χ2v) is 13.8. The molecular formula is C29H43ClN6O3S. The number of rotatable bonds is 8. The van der Waals surface area contributed by atoms with Gasteiger partial charge in [-0.2, -0.15) is 4.31 Å². The molecule has 1 fully saturated rings. The first-order valence-corrected chi connectivity index (χ1v) is 15.5. The standard InChI is InChI=1S/C16H25N.C13H18ClN5O3S/c1-16(2,3)12-17-11-13-8-9-14-6-4-5-7-15(14)10-13;14-9-1-3-11(4-2-9)23(21,22)19-6-5-17-13(20)12(19)7-10(15)8-18-16/h8-10,17H,4-7,11-12H2,1-3H3;1-4,8,12,18H,5-7,15-16H2,(H,17,20)/b;10-8-/t;12-/m.1/s1. The van der Waals surface area contributed by atoms with E-state index < -0.39 is 22.0 Å². The number of hydrogen-bond acceptors (Lipinski definition) is 7. The molecule has 0 saturated carbocycles. The van der Waals surface area contributed by atoms with Gasteiger partial charge in [0.2, 0.25) is 15.9 Å². The predicted molar refractivity (Wildman–Crippen MR) is 161 cm³/mol. The van der Waals surface area contributed by atoms with Gasteiger partial charge in [0, 0.05) is 49.5 Å². The zero-order chi connectivity index (χ0) is 29.3. The van der Waals surface area contributed by atoms with Crippen molar-refractivity contribution in [3.8, 4) is 0 Å². The van der Waals surface area contributed by atoms with Gasteiger partial charge in [0.15, 0.2) is 0 Å². The van der Waals surface area contributed by atoms with Crippen LogP contribution in [0, 0.1) is 5.41 Å². The normalized spacial score (nSPS) is 18.3. The summed E-state index contributed by atoms with van der Waals surface area (Å²) in [5, 5.41) is 6.62. The van der Waals surface area contributed by atoms with Crippen LogP contribution in [0.1, 0.15) is 56.7 Å². The van der Waals surface area contributed by atoms with Crippen LogP contribution < -0.4 is 27.6 Å². The number of fused-ring (bicyclic) bond motifs is 1. The van der Waals surface area contributed by atoms with Crippen molar-refractivity contribution in [2.24, 2.45) is 17.0 Å². The molecule has 1 atom stereocenters. The van der Waals surface area contributed by atoms with Gasteiger partial charge < -0.3 is 21.8 Å². The van der Waals surface area contributed by atoms with Gasteiger partial charge in [0.05, 0.1) is 4.90 Å². The number of carbonyl (C=O) groups excluding carboxylic acids is 1. The van der Waals surface area contributed by atoms with Gasteiger partial charge in [-0.15, -0.1) is 0 Å². The number of halogens is 1. The molecule has 1 aliphatic heterocycles. The maximum atomic E-state index is 12.8. The highest BCUT2D eigenvalue weighted by Gasteiger charge is 2.38. The number of nitrogens with two attached hydrogens (primary N) is 2. The molecule has 11 heteroatoms. The summed E-state index contributed by atoms with van der Waals surface area (Å²) in [6, 6.07) is 11.9. The Bertz CT molecular complexity index is 1280. The van der Waals surface area contributed by atoms with E-state index in [0.29, 0.717) is 10.4 Å². The largest absolute Gasteiger partial charge is 0.401 e. The molecule has 2 aliphatic rings. The molecule has 0 spiro atoms. The zero-order valence-electron chi connectivity index (χ0n) is 23.7. The quantitative estimate of drug-likeness (QED) is 0.235. The van der Waals surface area contributed by atoms with Crippen LogP contribution in [0.25, 0.3) is 0 Å². The van der Waals surface area contributed by atoms with E-state index in [1.54, 1.807) is 11.1 Å². The Hall–Kier alpha value is -2.63. The first-order chi connectivity index (χ1) is 18.9. The van der Waals surface area contributed by atoms with E-state index in [1.807, 2.05) is 0 Å². The van der Waals surface area contributed by atoms with Crippen LogP contribution in [-0.4, -0.2) is 44.3 Å². The minimum Gasteiger partial charge on any atom is -0.401 e. The first-order valence-electron chi connectivity index (χ1n) is 13.7. The molecule has 9 nitrogen and oxygen atoms in total. The summed E-state index contributed by atoms with van der Waals surface area (Å²) >= 11 is 5.79. The lowest BCUT2D eigenvalue weighted by Crippen LogP contribution is -2.57. The van der Waals surface area contributed by atoms with Gasteiger partial charge in [0.1, 0.15) is 6.04 Å². The second kappa shape index (κ2) is 14.3. The average Bonchev–Trinajstić information content (AvgIpc) is 2.90. The van der Waals surface area contributed by atoms with Crippen molar-refractivity contribution < 1.29 is 13.2 Å². The maximum absolute atomic E-state index is 12.8. The van der Waals surface area contributed by atoms with Gasteiger partial charge in [-0.05, 0) is 72.1 Å². The Morgan fingerprint density at radius 2 is 1.80 bits per heavy atom. The van der Waals surface area contributed by atoms with E-state index in [2.05, 4.69) is 55.0 Å². The van der Waals surface area contributed by atoms with Crippen LogP contribution in [0.15, 0.2) is 59.3 Å². The van der Waals surface area contributed by atoms with Crippen molar-refractivity contribution in [1.82, 2.24) is 20.4 Å². The van der Waals surface area contributed by atoms with E-state index in [0.717, 1.165) is 17.4 Å². The molecule has 0 bridgehead atoms. The smallest absolute Gasteiger partial charge is 0.243 e. The van der Waals surface area contributed by atoms with Crippen LogP contribution in [0.2, 0.25) is 5.02 Å². The van der Waals surface area contributed by atoms with E-state index in [1.165, 1.54) is 61.7 Å². The Balaban J connectivity index is 0.000000230. The molecule has 1 saturated heterocycles. The Labute approximate surface area is 243 Å². The van der Waals surface area contributed by atoms with Crippen LogP contribution >= 0.6 is 11.6 Å². The highest BCUT2D eigenvalue weighted by molar-refractivity contribution is 7.89. The van der Waals surface area contributed by atoms with E-state index in [-0.39, 0.29) is 30.1 Å². The fourth-order valence-electron chi connectivity index (χ4n) is 4.79. The summed E-state index contributed by atoms with van der Waals surface area (Å²) in [5.41, 5.74) is 13.2. The number of aryl methyl sites for hydroxylation is 2. The third-order valence-electron chi connectivity index (χ3n) is 6.80. The van der Waals surface area contributed by atoms with Crippen molar-refractivity contribution in [1.29, 1.82) is 0 Å². The van der Waals surface area contributed by atoms with Crippen molar-refractivity contribution >= 4 is 27.5 Å². The van der Waals surface area contributed by atoms with Crippen molar-refractivity contribution in [3.63, 3.8) is 0 Å². The highest BCUT2D eigenvalue weighted by Crippen LogP contribution is 2.24. The number of amides is 1. The van der Waals surface area contributed by atoms with Crippen LogP contribution in [-0.2, 0) is 34.2 Å². The lowest BCUT2D eigenvalue weighted by Gasteiger charge is -2.34. The molecular weight excluding hydrogens is 548 g/mol. The monoisotopic (exact) mass is 590 g/mol. The number of sulfonamides is 1. The molecule has 2 aromatic rings. The summed E-state index contributed by atoms with van der Waals surface area (Å²) in [6.07, 6.45) is 6.64. The minimum atomic E-state index is -3.84. The van der Waals surface area contributed by atoms with Gasteiger partial charge in [-0.1, -0.05) is 50.6 Å². The number of hydrogen-bond donors (Lipinski definition) is 5. The number of benzene rings is 2. The van der Waals surface area contributed by atoms with Crippen LogP contribution in [0.4, 0.5) is 0 Å². The molecule has 1 aliphatic carbocycles. The van der Waals surface area contributed by atoms with Gasteiger partial charge in [-0.3, -0.25) is 10.6 Å². The number of carbonyl (C=O) groups is 1. The molecule has 4 rings (SSSR count). The SMILES string of the molecule is CC(C)(C)CNCc1ccc2c(c1)CCCC2.NN/C=C(\N)C[C@@H]1C(=O)NCCN1S(=O)(=O)c1ccc(Cl)cc1. The average molecular weight is 591 g/mol. The Kier molecular flexibility index (Phi) is 11.4. The number of hydrazine groups is 1. The maximum Gasteiger partial charge on any atom is 0.243 e. The second-order valence-electron chi connectivity index (χ2n) is 11.4. The Morgan fingerprint density at radius 3 is 2.45 bits per heavy atom. The molecule has 0 radical (unpaired) electrons. The van der Waals surface area contributed by atoms with Gasteiger partial charge in [0.25, 0.3) is 0 Å². The topological polar surface area (TPSA) is 143 Å². The summed E-state index contributed by atoms with van der Waals surface area (Å²) in [6.45, 7) is 9.28. The molecule has 1 heterocycles. The highest BCUT2D eigenvalue weighted by atomic mass is 35.5. The Morgan fingerprint density at radius 1 is 1.12 bits per heavy atom. The minimum absolute atomic E-state index is 0.0306. The fraction of sp³-hybridized carbons (Fsp3) is 0.483. The van der Waals surface area contributed by atoms with E-state index in [9.17, 15) is 13.2 Å². The third kappa shape index (κ3) is 9.21. The summed E-state index contributed by atoms with van der Waals surface area (Å²) in [7, 11) is -3.84. The van der Waals surface area contributed by atoms with Crippen molar-refractivity contribution in [2.75, 3.05) is 19.6 Å². The predicted octanol–water partition coefficient (Wildman–Crippen LogP) is 3.18. The van der Waals surface area contributed by atoms with E-state index >= 15 is 0 Å². The first kappa shape index (κ1) is 31.9. The van der Waals surface area contributed by atoms with Gasteiger partial charge in [-0.25, -0.2) is 8.42 Å². The summed E-state index contributed by atoms with van der Waals surface area (Å²) in [5.74, 6) is 4.74. The number of nitrogens with one attached hydrogen (secondary N) is 3. The third-order valence-corrected chi connectivity index (χ3v) is 8.97. The van der Waals surface area contributed by atoms with Crippen LogP contribution in [0.5, 0.6) is 0 Å². The van der Waals surface area contributed by atoms with E-state index in [4.69, 9.17) is 23.2 Å². The molecule has 1 amide bonds. The molecule has 7 N–H and O–H groups in total. The zero-order valence-corrected chi connectivity index (χ0v) is 25.2. The molecule has 2 aromatic carbocycles. The van der Waals surface area contributed by atoms with Crippen LogP contribution in [0.3, 0.4) is 0 Å². The van der Waals surface area contributed by atoms with Crippen molar-refractivity contribution in [2.45, 2.75) is 70.4 Å². The molecule has 0 unspecified atom stereocenters. The number of nitrogens with zero attached hydrogens (tertiary/aromatic N) is 1. The molecule has 40 heavy (non-hydrogen) atoms. The fourth-order valence-corrected chi connectivity index (χ4v) is 6.50. The van der Waals surface area contributed by atoms with Crippen molar-refractivity contribution in [3.05, 3.63) is 76.1 Å². The number of piperazine rings is 1. The molecule has 220 valence electrons. The lowest BCUT2D eigenvalue weighted by atomic mass is 9.90. The van der Waals surface area contributed by atoms with Gasteiger partial charge >= 0.3 is 0 Å².